The highest BCUT2D eigenvalue weighted by molar-refractivity contribution is 9.10. The van der Waals surface area contributed by atoms with E-state index in [-0.39, 0.29) is 12.4 Å². The number of rotatable bonds is 5. The van der Waals surface area contributed by atoms with Crippen molar-refractivity contribution in [2.24, 2.45) is 5.10 Å². The van der Waals surface area contributed by atoms with Crippen LogP contribution in [0.4, 0.5) is 0 Å². The summed E-state index contributed by atoms with van der Waals surface area (Å²) in [6.07, 6.45) is 1.31. The zero-order valence-electron chi connectivity index (χ0n) is 13.4. The second kappa shape index (κ2) is 8.69. The van der Waals surface area contributed by atoms with E-state index >= 15 is 0 Å². The first-order valence-corrected chi connectivity index (χ1v) is 9.13. The quantitative estimate of drug-likeness (QED) is 0.471. The predicted molar refractivity (Wildman–Crippen MR) is 106 cm³/mol. The maximum atomic E-state index is 11.9. The zero-order chi connectivity index (χ0) is 18.6. The molecule has 0 bridgehead atoms. The lowest BCUT2D eigenvalue weighted by molar-refractivity contribution is -0.123. The van der Waals surface area contributed by atoms with Crippen LogP contribution in [0.15, 0.2) is 38.3 Å². The molecule has 132 valence electrons. The lowest BCUT2D eigenvalue weighted by atomic mass is 10.1. The number of nitrogens with zero attached hydrogens (tertiary/aromatic N) is 1. The Morgan fingerprint density at radius 3 is 2.56 bits per heavy atom. The summed E-state index contributed by atoms with van der Waals surface area (Å²) in [4.78, 5) is 11.9. The van der Waals surface area contributed by atoms with Gasteiger partial charge in [-0.3, -0.25) is 4.79 Å². The number of halogens is 3. The van der Waals surface area contributed by atoms with Gasteiger partial charge in [0.2, 0.25) is 0 Å². The van der Waals surface area contributed by atoms with Crippen LogP contribution in [-0.4, -0.2) is 23.8 Å². The minimum absolute atomic E-state index is 0.0141. The number of aromatic hydroxyl groups is 1. The SMILES string of the molecule is Cc1cc(Br)cc(C)c1OCC(=O)N/N=C/c1cc(Cl)cc(Br)c1O. The predicted octanol–water partition coefficient (Wildman–Crippen LogP) is 4.72. The largest absolute Gasteiger partial charge is 0.506 e. The first-order valence-electron chi connectivity index (χ1n) is 7.17. The molecule has 2 rings (SSSR count). The van der Waals surface area contributed by atoms with Gasteiger partial charge in [-0.25, -0.2) is 5.43 Å². The summed E-state index contributed by atoms with van der Waals surface area (Å²) >= 11 is 12.5. The monoisotopic (exact) mass is 488 g/mol. The molecule has 0 aliphatic carbocycles. The molecule has 25 heavy (non-hydrogen) atoms. The maximum Gasteiger partial charge on any atom is 0.277 e. The van der Waals surface area contributed by atoms with Gasteiger partial charge in [0.05, 0.1) is 10.7 Å². The van der Waals surface area contributed by atoms with E-state index in [0.717, 1.165) is 15.6 Å². The summed E-state index contributed by atoms with van der Waals surface area (Å²) in [5, 5.41) is 14.1. The molecular formula is C17H15Br2ClN2O3. The van der Waals surface area contributed by atoms with Crippen molar-refractivity contribution >= 4 is 55.6 Å². The Morgan fingerprint density at radius 1 is 1.28 bits per heavy atom. The lowest BCUT2D eigenvalue weighted by Gasteiger charge is -2.11. The van der Waals surface area contributed by atoms with E-state index in [2.05, 4.69) is 42.4 Å². The molecule has 0 saturated heterocycles. The molecule has 1 amide bonds. The highest BCUT2D eigenvalue weighted by Crippen LogP contribution is 2.30. The number of amides is 1. The van der Waals surface area contributed by atoms with Crippen LogP contribution in [0.25, 0.3) is 0 Å². The normalized spacial score (nSPS) is 10.9. The van der Waals surface area contributed by atoms with E-state index in [1.807, 2.05) is 26.0 Å². The van der Waals surface area contributed by atoms with Crippen LogP contribution in [0, 0.1) is 13.8 Å². The summed E-state index contributed by atoms with van der Waals surface area (Å²) < 4.78 is 6.96. The topological polar surface area (TPSA) is 70.9 Å². The molecule has 0 radical (unpaired) electrons. The van der Waals surface area contributed by atoms with Crippen molar-refractivity contribution in [3.8, 4) is 11.5 Å². The highest BCUT2D eigenvalue weighted by Gasteiger charge is 2.09. The molecule has 0 aliphatic rings. The minimum atomic E-state index is -0.418. The Kier molecular flexibility index (Phi) is 6.87. The van der Waals surface area contributed by atoms with E-state index in [9.17, 15) is 9.90 Å². The van der Waals surface area contributed by atoms with Crippen LogP contribution in [0.3, 0.4) is 0 Å². The van der Waals surface area contributed by atoms with Crippen molar-refractivity contribution in [3.05, 3.63) is 54.9 Å². The first kappa shape index (κ1) is 19.8. The molecule has 8 heteroatoms. The number of phenolic OH excluding ortho intramolecular Hbond substituents is 1. The fraction of sp³-hybridized carbons (Fsp3) is 0.176. The minimum Gasteiger partial charge on any atom is -0.506 e. The van der Waals surface area contributed by atoms with Crippen LogP contribution >= 0.6 is 43.5 Å². The Balaban J connectivity index is 1.96. The van der Waals surface area contributed by atoms with Crippen LogP contribution in [-0.2, 0) is 4.79 Å². The number of carbonyl (C=O) groups excluding carboxylic acids is 1. The number of hydrogen-bond acceptors (Lipinski definition) is 4. The number of phenols is 1. The molecule has 2 aromatic rings. The van der Waals surface area contributed by atoms with Gasteiger partial charge in [-0.2, -0.15) is 5.10 Å². The standard InChI is InChI=1S/C17H15Br2ClN2O3/c1-9-3-12(18)4-10(2)17(9)25-8-15(23)22-21-7-11-5-13(20)6-14(19)16(11)24/h3-7,24H,8H2,1-2H3,(H,22,23)/b21-7+. The number of carbonyl (C=O) groups is 1. The summed E-state index contributed by atoms with van der Waals surface area (Å²) in [6, 6.07) is 6.92. The molecule has 0 aromatic heterocycles. The number of hydrogen-bond donors (Lipinski definition) is 2. The fourth-order valence-electron chi connectivity index (χ4n) is 2.15. The average Bonchev–Trinajstić information content (AvgIpc) is 2.50. The van der Waals surface area contributed by atoms with E-state index in [1.54, 1.807) is 6.07 Å². The first-order chi connectivity index (χ1) is 11.8. The number of aryl methyl sites for hydroxylation is 2. The number of hydrazone groups is 1. The zero-order valence-corrected chi connectivity index (χ0v) is 17.4. The third-order valence-corrected chi connectivity index (χ3v) is 4.50. The van der Waals surface area contributed by atoms with Crippen molar-refractivity contribution in [2.45, 2.75) is 13.8 Å². The number of benzene rings is 2. The Bertz CT molecular complexity index is 818. The molecule has 0 aliphatic heterocycles. The Morgan fingerprint density at radius 2 is 1.92 bits per heavy atom. The third kappa shape index (κ3) is 5.45. The summed E-state index contributed by atoms with van der Waals surface area (Å²) in [5.74, 6) is 0.233. The van der Waals surface area contributed by atoms with Crippen molar-refractivity contribution in [1.29, 1.82) is 0 Å². The second-order valence-electron chi connectivity index (χ2n) is 5.28. The van der Waals surface area contributed by atoms with Gasteiger partial charge in [-0.05, 0) is 65.2 Å². The van der Waals surface area contributed by atoms with Gasteiger partial charge >= 0.3 is 0 Å². The van der Waals surface area contributed by atoms with E-state index < -0.39 is 5.91 Å². The smallest absolute Gasteiger partial charge is 0.277 e. The van der Waals surface area contributed by atoms with E-state index in [1.165, 1.54) is 12.3 Å². The van der Waals surface area contributed by atoms with Crippen molar-refractivity contribution in [1.82, 2.24) is 5.43 Å². The molecule has 0 heterocycles. The molecule has 0 atom stereocenters. The summed E-state index contributed by atoms with van der Waals surface area (Å²) in [6.45, 7) is 3.64. The van der Waals surface area contributed by atoms with Crippen molar-refractivity contribution in [3.63, 3.8) is 0 Å². The molecule has 2 N–H and O–H groups in total. The van der Waals surface area contributed by atoms with E-state index in [4.69, 9.17) is 16.3 Å². The van der Waals surface area contributed by atoms with Gasteiger partial charge in [-0.1, -0.05) is 27.5 Å². The van der Waals surface area contributed by atoms with Crippen LogP contribution in [0.2, 0.25) is 5.02 Å². The Hall–Kier alpha value is -1.57. The van der Waals surface area contributed by atoms with Gasteiger partial charge in [0.1, 0.15) is 11.5 Å². The highest BCUT2D eigenvalue weighted by atomic mass is 79.9. The fourth-order valence-corrected chi connectivity index (χ4v) is 3.67. The second-order valence-corrected chi connectivity index (χ2v) is 7.48. The van der Waals surface area contributed by atoms with Crippen molar-refractivity contribution in [2.75, 3.05) is 6.61 Å². The average molecular weight is 491 g/mol. The lowest BCUT2D eigenvalue weighted by Crippen LogP contribution is -2.25. The Labute approximate surface area is 167 Å². The van der Waals surface area contributed by atoms with Crippen LogP contribution in [0.5, 0.6) is 11.5 Å². The van der Waals surface area contributed by atoms with Gasteiger partial charge in [-0.15, -0.1) is 0 Å². The van der Waals surface area contributed by atoms with Gasteiger partial charge in [0.25, 0.3) is 5.91 Å². The van der Waals surface area contributed by atoms with Gasteiger partial charge < -0.3 is 9.84 Å². The number of nitrogens with one attached hydrogen (secondary N) is 1. The molecule has 5 nitrogen and oxygen atoms in total. The third-order valence-electron chi connectivity index (χ3n) is 3.22. The van der Waals surface area contributed by atoms with Gasteiger partial charge in [0.15, 0.2) is 6.61 Å². The molecular weight excluding hydrogens is 475 g/mol. The van der Waals surface area contributed by atoms with Gasteiger partial charge in [0, 0.05) is 15.1 Å². The maximum absolute atomic E-state index is 11.9. The van der Waals surface area contributed by atoms with Crippen LogP contribution < -0.4 is 10.2 Å². The summed E-state index contributed by atoms with van der Waals surface area (Å²) in [5.41, 5.74) is 4.58. The molecule has 0 unspecified atom stereocenters. The molecule has 0 saturated carbocycles. The molecule has 0 spiro atoms. The summed E-state index contributed by atoms with van der Waals surface area (Å²) in [7, 11) is 0. The number of ether oxygens (including phenoxy) is 1. The van der Waals surface area contributed by atoms with E-state index in [0.29, 0.717) is 20.8 Å². The van der Waals surface area contributed by atoms with Crippen LogP contribution in [0.1, 0.15) is 16.7 Å². The molecule has 2 aromatic carbocycles. The molecule has 0 fully saturated rings. The van der Waals surface area contributed by atoms with Crippen molar-refractivity contribution < 1.29 is 14.6 Å².